The minimum absolute atomic E-state index is 0. The lowest BCUT2D eigenvalue weighted by Crippen LogP contribution is -2.38. The molecule has 0 fully saturated rings. The summed E-state index contributed by atoms with van der Waals surface area (Å²) in [6, 6.07) is 10.4. The lowest BCUT2D eigenvalue weighted by atomic mass is 9.94. The van der Waals surface area contributed by atoms with Gasteiger partial charge < -0.3 is 15.1 Å². The molecular formula is C17H21ClN2O2. The maximum atomic E-state index is 12.2. The van der Waals surface area contributed by atoms with Crippen LogP contribution in [0.4, 0.5) is 0 Å². The summed E-state index contributed by atoms with van der Waals surface area (Å²) in [5.74, 6) is 1.03. The Hall–Kier alpha value is -1.78. The van der Waals surface area contributed by atoms with Gasteiger partial charge in [-0.15, -0.1) is 12.4 Å². The summed E-state index contributed by atoms with van der Waals surface area (Å²) in [6.45, 7) is 5.24. The van der Waals surface area contributed by atoms with Crippen molar-refractivity contribution in [2.75, 3.05) is 13.1 Å². The van der Waals surface area contributed by atoms with Crippen LogP contribution in [-0.4, -0.2) is 19.0 Å². The Balaban J connectivity index is 0.00000176. The van der Waals surface area contributed by atoms with Gasteiger partial charge in [-0.25, -0.2) is 0 Å². The maximum Gasteiger partial charge on any atom is 0.287 e. The predicted molar refractivity (Wildman–Crippen MR) is 88.7 cm³/mol. The van der Waals surface area contributed by atoms with E-state index in [4.69, 9.17) is 4.42 Å². The fourth-order valence-corrected chi connectivity index (χ4v) is 2.92. The number of carbonyl (C=O) groups excluding carboxylic acids is 1. The van der Waals surface area contributed by atoms with E-state index in [1.54, 1.807) is 0 Å². The fraction of sp³-hybridized carbons (Fsp3) is 0.353. The van der Waals surface area contributed by atoms with Crippen LogP contribution in [0.15, 0.2) is 34.7 Å². The van der Waals surface area contributed by atoms with E-state index < -0.39 is 0 Å². The normalized spacial score (nSPS) is 16.5. The van der Waals surface area contributed by atoms with Gasteiger partial charge in [0.2, 0.25) is 0 Å². The standard InChI is InChI=1S/C17H20N2O2.ClH/c1-11-9-12(2)21-16(11)17(20)19-10-15-14-6-4-3-5-13(14)7-8-18-15;/h3-6,9,15,18H,7-8,10H2,1-2H3,(H,19,20);1H. The molecule has 0 saturated carbocycles. The summed E-state index contributed by atoms with van der Waals surface area (Å²) in [5, 5.41) is 6.43. The van der Waals surface area contributed by atoms with Gasteiger partial charge in [-0.1, -0.05) is 24.3 Å². The zero-order chi connectivity index (χ0) is 14.8. The number of hydrogen-bond acceptors (Lipinski definition) is 3. The monoisotopic (exact) mass is 320 g/mol. The van der Waals surface area contributed by atoms with Gasteiger partial charge in [0.1, 0.15) is 5.76 Å². The number of nitrogens with one attached hydrogen (secondary N) is 2. The Morgan fingerprint density at radius 1 is 1.36 bits per heavy atom. The van der Waals surface area contributed by atoms with Crippen LogP contribution in [0.1, 0.15) is 39.0 Å². The molecule has 0 aliphatic carbocycles. The number of rotatable bonds is 3. The van der Waals surface area contributed by atoms with Gasteiger partial charge in [0.15, 0.2) is 5.76 Å². The van der Waals surface area contributed by atoms with E-state index in [1.807, 2.05) is 26.0 Å². The molecule has 2 aromatic rings. The molecule has 1 aliphatic rings. The van der Waals surface area contributed by atoms with Crippen LogP contribution in [0, 0.1) is 13.8 Å². The first-order chi connectivity index (χ1) is 10.1. The number of halogens is 1. The first kappa shape index (κ1) is 16.6. The third kappa shape index (κ3) is 3.34. The van der Waals surface area contributed by atoms with Crippen molar-refractivity contribution in [2.24, 2.45) is 0 Å². The second-order valence-corrected chi connectivity index (χ2v) is 5.53. The summed E-state index contributed by atoms with van der Waals surface area (Å²) in [4.78, 5) is 12.2. The Labute approximate surface area is 136 Å². The molecule has 5 heteroatoms. The van der Waals surface area contributed by atoms with E-state index in [1.165, 1.54) is 11.1 Å². The lowest BCUT2D eigenvalue weighted by Gasteiger charge is -2.27. The van der Waals surface area contributed by atoms with E-state index in [0.717, 1.165) is 24.3 Å². The van der Waals surface area contributed by atoms with Crippen LogP contribution in [-0.2, 0) is 6.42 Å². The minimum atomic E-state index is -0.148. The van der Waals surface area contributed by atoms with Crippen LogP contribution in [0.5, 0.6) is 0 Å². The molecule has 22 heavy (non-hydrogen) atoms. The Kier molecular flexibility index (Phi) is 5.27. The molecule has 4 nitrogen and oxygen atoms in total. The molecule has 1 amide bonds. The molecule has 1 aliphatic heterocycles. The smallest absolute Gasteiger partial charge is 0.287 e. The second-order valence-electron chi connectivity index (χ2n) is 5.53. The van der Waals surface area contributed by atoms with Gasteiger partial charge in [-0.3, -0.25) is 4.79 Å². The Morgan fingerprint density at radius 2 is 2.14 bits per heavy atom. The zero-order valence-corrected chi connectivity index (χ0v) is 13.6. The van der Waals surface area contributed by atoms with Crippen LogP contribution in [0.3, 0.4) is 0 Å². The number of amides is 1. The van der Waals surface area contributed by atoms with Crippen molar-refractivity contribution in [3.05, 3.63) is 58.5 Å². The molecule has 2 heterocycles. The van der Waals surface area contributed by atoms with Crippen LogP contribution in [0.25, 0.3) is 0 Å². The average Bonchev–Trinajstić information content (AvgIpc) is 2.83. The predicted octanol–water partition coefficient (Wildman–Crippen LogP) is 2.94. The quantitative estimate of drug-likeness (QED) is 0.914. The van der Waals surface area contributed by atoms with Crippen LogP contribution < -0.4 is 10.6 Å². The maximum absolute atomic E-state index is 12.2. The number of hydrogen-bond donors (Lipinski definition) is 2. The van der Waals surface area contributed by atoms with Gasteiger partial charge in [0.05, 0.1) is 0 Å². The molecule has 3 rings (SSSR count). The van der Waals surface area contributed by atoms with Crippen molar-refractivity contribution in [1.82, 2.24) is 10.6 Å². The van der Waals surface area contributed by atoms with E-state index in [0.29, 0.717) is 12.3 Å². The second kappa shape index (κ2) is 6.99. The third-order valence-corrected chi connectivity index (χ3v) is 3.93. The van der Waals surface area contributed by atoms with Gasteiger partial charge in [-0.05, 0) is 44.0 Å². The lowest BCUT2D eigenvalue weighted by molar-refractivity contribution is 0.0919. The van der Waals surface area contributed by atoms with Crippen molar-refractivity contribution in [3.8, 4) is 0 Å². The minimum Gasteiger partial charge on any atom is -0.456 e. The molecule has 2 N–H and O–H groups in total. The number of furan rings is 1. The third-order valence-electron chi connectivity index (χ3n) is 3.93. The topological polar surface area (TPSA) is 54.3 Å². The fourth-order valence-electron chi connectivity index (χ4n) is 2.92. The molecule has 1 aromatic carbocycles. The summed E-state index contributed by atoms with van der Waals surface area (Å²) in [7, 11) is 0. The molecule has 1 atom stereocenters. The largest absolute Gasteiger partial charge is 0.456 e. The van der Waals surface area contributed by atoms with E-state index >= 15 is 0 Å². The van der Waals surface area contributed by atoms with Gasteiger partial charge in [0, 0.05) is 18.2 Å². The molecule has 0 radical (unpaired) electrons. The van der Waals surface area contributed by atoms with Crippen molar-refractivity contribution >= 4 is 18.3 Å². The highest BCUT2D eigenvalue weighted by Gasteiger charge is 2.21. The molecule has 1 aromatic heterocycles. The van der Waals surface area contributed by atoms with E-state index in [-0.39, 0.29) is 24.4 Å². The highest BCUT2D eigenvalue weighted by molar-refractivity contribution is 5.92. The zero-order valence-electron chi connectivity index (χ0n) is 12.8. The molecular weight excluding hydrogens is 300 g/mol. The van der Waals surface area contributed by atoms with Crippen molar-refractivity contribution in [3.63, 3.8) is 0 Å². The Morgan fingerprint density at radius 3 is 2.86 bits per heavy atom. The first-order valence-electron chi connectivity index (χ1n) is 7.31. The molecule has 1 unspecified atom stereocenters. The van der Waals surface area contributed by atoms with Crippen LogP contribution in [0.2, 0.25) is 0 Å². The molecule has 0 saturated heterocycles. The van der Waals surface area contributed by atoms with Gasteiger partial charge >= 0.3 is 0 Å². The summed E-state index contributed by atoms with van der Waals surface area (Å²) in [6.07, 6.45) is 1.04. The summed E-state index contributed by atoms with van der Waals surface area (Å²) < 4.78 is 5.45. The molecule has 118 valence electrons. The van der Waals surface area contributed by atoms with E-state index in [9.17, 15) is 4.79 Å². The molecule has 0 bridgehead atoms. The summed E-state index contributed by atoms with van der Waals surface area (Å²) >= 11 is 0. The number of carbonyl (C=O) groups is 1. The van der Waals surface area contributed by atoms with Gasteiger partial charge in [0.25, 0.3) is 5.91 Å². The van der Waals surface area contributed by atoms with Crippen molar-refractivity contribution in [1.29, 1.82) is 0 Å². The van der Waals surface area contributed by atoms with Crippen molar-refractivity contribution in [2.45, 2.75) is 26.3 Å². The van der Waals surface area contributed by atoms with Crippen LogP contribution >= 0.6 is 12.4 Å². The average molecular weight is 321 g/mol. The number of benzene rings is 1. The number of fused-ring (bicyclic) bond motifs is 1. The van der Waals surface area contributed by atoms with Crippen molar-refractivity contribution < 1.29 is 9.21 Å². The van der Waals surface area contributed by atoms with Gasteiger partial charge in [-0.2, -0.15) is 0 Å². The number of aryl methyl sites for hydroxylation is 2. The first-order valence-corrected chi connectivity index (χ1v) is 7.31. The Bertz CT molecular complexity index is 666. The summed E-state index contributed by atoms with van der Waals surface area (Å²) in [5.41, 5.74) is 3.51. The van der Waals surface area contributed by atoms with E-state index in [2.05, 4.69) is 28.8 Å². The molecule has 0 spiro atoms. The SMILES string of the molecule is Cc1cc(C)c(C(=O)NCC2NCCc3ccccc32)o1.Cl. The highest BCUT2D eigenvalue weighted by Crippen LogP contribution is 2.22. The highest BCUT2D eigenvalue weighted by atomic mass is 35.5.